The summed E-state index contributed by atoms with van der Waals surface area (Å²) >= 11 is 12.2. The molecular weight excluding hydrogens is 435 g/mol. The first kappa shape index (κ1) is 23.6. The molecule has 1 aliphatic heterocycles. The van der Waals surface area contributed by atoms with Crippen LogP contribution in [0.1, 0.15) is 56.4 Å². The van der Waals surface area contributed by atoms with Gasteiger partial charge in [-0.3, -0.25) is 9.59 Å². The molecule has 2 aromatic carbocycles. The number of amides is 2. The molecular formula is C24H28Cl2N2O3. The normalized spacial score (nSPS) is 19.9. The maximum atomic E-state index is 13.1. The minimum atomic E-state index is -0.580. The zero-order valence-corrected chi connectivity index (χ0v) is 19.3. The van der Waals surface area contributed by atoms with Gasteiger partial charge in [0.15, 0.2) is 0 Å². The maximum absolute atomic E-state index is 13.1. The van der Waals surface area contributed by atoms with E-state index in [0.29, 0.717) is 23.0 Å². The van der Waals surface area contributed by atoms with Gasteiger partial charge in [0.25, 0.3) is 0 Å². The predicted molar refractivity (Wildman–Crippen MR) is 123 cm³/mol. The van der Waals surface area contributed by atoms with Crippen molar-refractivity contribution in [1.29, 1.82) is 0 Å². The van der Waals surface area contributed by atoms with Crippen LogP contribution in [0, 0.1) is 0 Å². The van der Waals surface area contributed by atoms with Crippen molar-refractivity contribution in [3.05, 3.63) is 69.7 Å². The summed E-state index contributed by atoms with van der Waals surface area (Å²) in [5, 5.41) is 4.19. The summed E-state index contributed by atoms with van der Waals surface area (Å²) in [6, 6.07) is 13.7. The molecule has 0 bridgehead atoms. The van der Waals surface area contributed by atoms with Crippen molar-refractivity contribution < 1.29 is 14.3 Å². The molecule has 1 aliphatic rings. The average molecular weight is 463 g/mol. The lowest BCUT2D eigenvalue weighted by Gasteiger charge is -2.45. The minimum Gasteiger partial charge on any atom is -0.361 e. The van der Waals surface area contributed by atoms with Crippen molar-refractivity contribution >= 4 is 35.0 Å². The Morgan fingerprint density at radius 3 is 2.16 bits per heavy atom. The van der Waals surface area contributed by atoms with Crippen LogP contribution >= 0.6 is 23.2 Å². The van der Waals surface area contributed by atoms with Gasteiger partial charge in [0.2, 0.25) is 11.8 Å². The summed E-state index contributed by atoms with van der Waals surface area (Å²) in [6.07, 6.45) is 1.73. The van der Waals surface area contributed by atoms with Crippen LogP contribution in [0.2, 0.25) is 10.0 Å². The Balaban J connectivity index is 2.07. The molecule has 3 rings (SSSR count). The molecule has 7 heteroatoms. The number of nitrogens with one attached hydrogen (secondary N) is 1. The Labute approximate surface area is 193 Å². The highest BCUT2D eigenvalue weighted by atomic mass is 35.5. The second-order valence-electron chi connectivity index (χ2n) is 7.68. The van der Waals surface area contributed by atoms with Crippen LogP contribution in [-0.4, -0.2) is 35.9 Å². The fourth-order valence-electron chi connectivity index (χ4n) is 3.96. The van der Waals surface area contributed by atoms with Gasteiger partial charge in [-0.2, -0.15) is 0 Å². The van der Waals surface area contributed by atoms with Crippen molar-refractivity contribution in [2.45, 2.75) is 51.3 Å². The van der Waals surface area contributed by atoms with Gasteiger partial charge in [-0.1, -0.05) is 67.7 Å². The Morgan fingerprint density at radius 2 is 1.61 bits per heavy atom. The summed E-state index contributed by atoms with van der Waals surface area (Å²) in [6.45, 7) is 4.50. The standard InChI is InChI=1S/C24H28Cl2N2O3/c1-3-5-20(24(30)27-14-4-2)28-21(29)15-31-23(17-8-12-19(26)13-9-17)22(28)16-6-10-18(25)11-7-16/h6-13,20,22-23H,3-5,14-15H2,1-2H3,(H,27,30)/t20?,22-,23+/m1/s1. The van der Waals surface area contributed by atoms with Gasteiger partial charge in [0, 0.05) is 16.6 Å². The molecule has 3 atom stereocenters. The molecule has 2 amide bonds. The quantitative estimate of drug-likeness (QED) is 0.576. The number of ether oxygens (including phenoxy) is 1. The highest BCUT2D eigenvalue weighted by Gasteiger charge is 2.43. The maximum Gasteiger partial charge on any atom is 0.249 e. The van der Waals surface area contributed by atoms with Crippen molar-refractivity contribution in [3.8, 4) is 0 Å². The summed E-state index contributed by atoms with van der Waals surface area (Å²) < 4.78 is 6.03. The van der Waals surface area contributed by atoms with Crippen LogP contribution in [0.3, 0.4) is 0 Å². The first-order valence-corrected chi connectivity index (χ1v) is 11.4. The molecule has 166 valence electrons. The summed E-state index contributed by atoms with van der Waals surface area (Å²) in [4.78, 5) is 27.9. The minimum absolute atomic E-state index is 0.0847. The van der Waals surface area contributed by atoms with Crippen LogP contribution < -0.4 is 5.32 Å². The molecule has 0 aromatic heterocycles. The SMILES string of the molecule is CCCNC(=O)C(CCC)N1C(=O)CO[C@@H](c2ccc(Cl)cc2)[C@H]1c1ccc(Cl)cc1. The topological polar surface area (TPSA) is 58.6 Å². The molecule has 5 nitrogen and oxygen atoms in total. The fourth-order valence-corrected chi connectivity index (χ4v) is 4.21. The van der Waals surface area contributed by atoms with E-state index in [2.05, 4.69) is 5.32 Å². The molecule has 31 heavy (non-hydrogen) atoms. The van der Waals surface area contributed by atoms with Crippen LogP contribution in [0.5, 0.6) is 0 Å². The Kier molecular flexibility index (Phi) is 8.35. The zero-order valence-electron chi connectivity index (χ0n) is 17.8. The molecule has 1 heterocycles. The third-order valence-electron chi connectivity index (χ3n) is 5.42. The smallest absolute Gasteiger partial charge is 0.249 e. The van der Waals surface area contributed by atoms with Gasteiger partial charge < -0.3 is 15.0 Å². The van der Waals surface area contributed by atoms with Crippen LogP contribution in [-0.2, 0) is 14.3 Å². The van der Waals surface area contributed by atoms with Crippen molar-refractivity contribution in [2.24, 2.45) is 0 Å². The summed E-state index contributed by atoms with van der Waals surface area (Å²) in [5.74, 6) is -0.331. The number of morpholine rings is 1. The number of nitrogens with zero attached hydrogens (tertiary/aromatic N) is 1. The first-order chi connectivity index (χ1) is 15.0. The van der Waals surface area contributed by atoms with Crippen LogP contribution in [0.25, 0.3) is 0 Å². The third kappa shape index (κ3) is 5.59. The van der Waals surface area contributed by atoms with Gasteiger partial charge in [-0.15, -0.1) is 0 Å². The van der Waals surface area contributed by atoms with E-state index in [9.17, 15) is 9.59 Å². The molecule has 0 aliphatic carbocycles. The molecule has 1 saturated heterocycles. The highest BCUT2D eigenvalue weighted by Crippen LogP contribution is 2.42. The van der Waals surface area contributed by atoms with Gasteiger partial charge in [0.1, 0.15) is 18.8 Å². The van der Waals surface area contributed by atoms with Crippen LogP contribution in [0.15, 0.2) is 48.5 Å². The Morgan fingerprint density at radius 1 is 1.03 bits per heavy atom. The fraction of sp³-hybridized carbons (Fsp3) is 0.417. The lowest BCUT2D eigenvalue weighted by atomic mass is 9.90. The Hall–Kier alpha value is -2.08. The van der Waals surface area contributed by atoms with E-state index in [1.54, 1.807) is 29.2 Å². The van der Waals surface area contributed by atoms with Crippen molar-refractivity contribution in [1.82, 2.24) is 10.2 Å². The molecule has 1 N–H and O–H groups in total. The molecule has 0 spiro atoms. The number of rotatable bonds is 8. The second-order valence-corrected chi connectivity index (χ2v) is 8.55. The predicted octanol–water partition coefficient (Wildman–Crippen LogP) is 5.33. The van der Waals surface area contributed by atoms with Gasteiger partial charge >= 0.3 is 0 Å². The number of carbonyl (C=O) groups excluding carboxylic acids is 2. The molecule has 0 radical (unpaired) electrons. The average Bonchev–Trinajstić information content (AvgIpc) is 2.77. The first-order valence-electron chi connectivity index (χ1n) is 10.7. The summed E-state index contributed by atoms with van der Waals surface area (Å²) in [5.41, 5.74) is 1.76. The number of halogens is 2. The molecule has 1 unspecified atom stereocenters. The van der Waals surface area contributed by atoms with Gasteiger partial charge in [-0.25, -0.2) is 0 Å². The van der Waals surface area contributed by atoms with E-state index in [-0.39, 0.29) is 18.4 Å². The van der Waals surface area contributed by atoms with E-state index in [1.165, 1.54) is 0 Å². The molecule has 2 aromatic rings. The van der Waals surface area contributed by atoms with E-state index in [1.807, 2.05) is 38.1 Å². The Bertz CT molecular complexity index is 887. The lowest BCUT2D eigenvalue weighted by Crippen LogP contribution is -2.56. The van der Waals surface area contributed by atoms with E-state index >= 15 is 0 Å². The molecule has 1 fully saturated rings. The largest absolute Gasteiger partial charge is 0.361 e. The second kappa shape index (κ2) is 11.0. The van der Waals surface area contributed by atoms with Crippen LogP contribution in [0.4, 0.5) is 0 Å². The van der Waals surface area contributed by atoms with Gasteiger partial charge in [0.05, 0.1) is 6.04 Å². The van der Waals surface area contributed by atoms with Gasteiger partial charge in [-0.05, 0) is 48.2 Å². The third-order valence-corrected chi connectivity index (χ3v) is 5.92. The zero-order chi connectivity index (χ0) is 22.4. The van der Waals surface area contributed by atoms with Crippen molar-refractivity contribution in [3.63, 3.8) is 0 Å². The van der Waals surface area contributed by atoms with Crippen molar-refractivity contribution in [2.75, 3.05) is 13.2 Å². The number of carbonyl (C=O) groups is 2. The van der Waals surface area contributed by atoms with E-state index in [0.717, 1.165) is 24.0 Å². The number of hydrogen-bond acceptors (Lipinski definition) is 3. The monoisotopic (exact) mass is 462 g/mol. The number of benzene rings is 2. The summed E-state index contributed by atoms with van der Waals surface area (Å²) in [7, 11) is 0. The molecule has 0 saturated carbocycles. The highest BCUT2D eigenvalue weighted by molar-refractivity contribution is 6.30. The number of hydrogen-bond donors (Lipinski definition) is 1. The lowest BCUT2D eigenvalue weighted by molar-refractivity contribution is -0.167. The van der Waals surface area contributed by atoms with E-state index < -0.39 is 18.2 Å². The van der Waals surface area contributed by atoms with E-state index in [4.69, 9.17) is 27.9 Å².